The molecule has 4 N–H and O–H groups in total. The molecule has 0 saturated heterocycles. The molecule has 1 aliphatic carbocycles. The van der Waals surface area contributed by atoms with Crippen molar-refractivity contribution in [2.75, 3.05) is 11.1 Å². The SMILES string of the molecule is CC(C)NC(=O)c1c(N)nsc1NC1CCC1. The summed E-state index contributed by atoms with van der Waals surface area (Å²) in [6.45, 7) is 3.85. The van der Waals surface area contributed by atoms with Crippen LogP contribution in [0.3, 0.4) is 0 Å². The zero-order chi connectivity index (χ0) is 12.4. The highest BCUT2D eigenvalue weighted by atomic mass is 32.1. The molecule has 1 aliphatic rings. The highest BCUT2D eigenvalue weighted by Crippen LogP contribution is 2.31. The first-order valence-electron chi connectivity index (χ1n) is 5.90. The lowest BCUT2D eigenvalue weighted by molar-refractivity contribution is 0.0945. The molecule has 1 aromatic rings. The minimum Gasteiger partial charge on any atom is -0.382 e. The number of nitrogens with one attached hydrogen (secondary N) is 2. The van der Waals surface area contributed by atoms with Gasteiger partial charge in [-0.05, 0) is 44.6 Å². The van der Waals surface area contributed by atoms with Gasteiger partial charge in [-0.1, -0.05) is 0 Å². The van der Waals surface area contributed by atoms with E-state index < -0.39 is 0 Å². The molecule has 5 nitrogen and oxygen atoms in total. The predicted octanol–water partition coefficient (Wildman–Crippen LogP) is 1.83. The molecule has 0 bridgehead atoms. The molecule has 94 valence electrons. The maximum atomic E-state index is 12.0. The molecule has 6 heteroatoms. The fourth-order valence-electron chi connectivity index (χ4n) is 1.69. The van der Waals surface area contributed by atoms with Crippen molar-refractivity contribution in [2.24, 2.45) is 0 Å². The number of nitrogen functional groups attached to an aromatic ring is 1. The van der Waals surface area contributed by atoms with Gasteiger partial charge in [-0.15, -0.1) is 0 Å². The third-order valence-electron chi connectivity index (χ3n) is 2.81. The first kappa shape index (κ1) is 12.2. The minimum absolute atomic E-state index is 0.0957. The van der Waals surface area contributed by atoms with Crippen LogP contribution < -0.4 is 16.4 Å². The number of amides is 1. The van der Waals surface area contributed by atoms with Crippen LogP contribution in [0, 0.1) is 0 Å². The average molecular weight is 254 g/mol. The second kappa shape index (κ2) is 4.91. The van der Waals surface area contributed by atoms with Gasteiger partial charge in [0.15, 0.2) is 5.82 Å². The molecular formula is C11H18N4OS. The number of nitrogens with zero attached hydrogens (tertiary/aromatic N) is 1. The lowest BCUT2D eigenvalue weighted by Gasteiger charge is -2.26. The van der Waals surface area contributed by atoms with Crippen molar-refractivity contribution in [2.45, 2.75) is 45.2 Å². The number of hydrogen-bond donors (Lipinski definition) is 3. The number of carbonyl (C=O) groups excluding carboxylic acids is 1. The Bertz CT molecular complexity index is 412. The van der Waals surface area contributed by atoms with Crippen LogP contribution in [-0.2, 0) is 0 Å². The Hall–Kier alpha value is -1.30. The Labute approximate surface area is 105 Å². The molecule has 0 radical (unpaired) electrons. The molecule has 2 rings (SSSR count). The molecule has 0 aromatic carbocycles. The van der Waals surface area contributed by atoms with Crippen LogP contribution >= 0.6 is 11.5 Å². The van der Waals surface area contributed by atoms with E-state index in [2.05, 4.69) is 15.0 Å². The molecule has 1 saturated carbocycles. The second-order valence-electron chi connectivity index (χ2n) is 4.67. The molecule has 1 fully saturated rings. The molecule has 17 heavy (non-hydrogen) atoms. The molecule has 1 heterocycles. The Morgan fingerprint density at radius 3 is 2.76 bits per heavy atom. The summed E-state index contributed by atoms with van der Waals surface area (Å²) in [4.78, 5) is 12.0. The number of aromatic nitrogens is 1. The number of rotatable bonds is 4. The van der Waals surface area contributed by atoms with Crippen molar-refractivity contribution in [3.8, 4) is 0 Å². The van der Waals surface area contributed by atoms with Gasteiger partial charge in [0.2, 0.25) is 0 Å². The van der Waals surface area contributed by atoms with Gasteiger partial charge in [0.1, 0.15) is 10.6 Å². The van der Waals surface area contributed by atoms with Gasteiger partial charge in [-0.3, -0.25) is 4.79 Å². The van der Waals surface area contributed by atoms with Crippen molar-refractivity contribution in [3.05, 3.63) is 5.56 Å². The molecule has 1 amide bonds. The van der Waals surface area contributed by atoms with Crippen LogP contribution in [0.4, 0.5) is 10.8 Å². The van der Waals surface area contributed by atoms with Gasteiger partial charge in [0.25, 0.3) is 5.91 Å². The summed E-state index contributed by atoms with van der Waals surface area (Å²) < 4.78 is 4.05. The summed E-state index contributed by atoms with van der Waals surface area (Å²) in [6.07, 6.45) is 3.56. The van der Waals surface area contributed by atoms with E-state index in [0.29, 0.717) is 17.4 Å². The lowest BCUT2D eigenvalue weighted by Crippen LogP contribution is -2.32. The quantitative estimate of drug-likeness (QED) is 0.765. The lowest BCUT2D eigenvalue weighted by atomic mass is 9.93. The largest absolute Gasteiger partial charge is 0.382 e. The standard InChI is InChI=1S/C11H18N4OS/c1-6(2)13-10(16)8-9(12)15-17-11(8)14-7-4-3-5-7/h6-7,14H,3-5H2,1-2H3,(H2,12,15)(H,13,16). The molecule has 0 spiro atoms. The van der Waals surface area contributed by atoms with E-state index in [4.69, 9.17) is 5.73 Å². The van der Waals surface area contributed by atoms with Gasteiger partial charge in [-0.2, -0.15) is 4.37 Å². The number of hydrogen-bond acceptors (Lipinski definition) is 5. The zero-order valence-corrected chi connectivity index (χ0v) is 10.9. The second-order valence-corrected chi connectivity index (χ2v) is 5.45. The van der Waals surface area contributed by atoms with Gasteiger partial charge >= 0.3 is 0 Å². The Kier molecular flexibility index (Phi) is 3.51. The normalized spacial score (nSPS) is 15.7. The van der Waals surface area contributed by atoms with E-state index in [1.54, 1.807) is 0 Å². The third-order valence-corrected chi connectivity index (χ3v) is 3.60. The van der Waals surface area contributed by atoms with Crippen LogP contribution in [-0.4, -0.2) is 22.4 Å². The highest BCUT2D eigenvalue weighted by Gasteiger charge is 2.24. The van der Waals surface area contributed by atoms with Gasteiger partial charge < -0.3 is 16.4 Å². The third kappa shape index (κ3) is 2.69. The number of nitrogens with two attached hydrogens (primary N) is 1. The van der Waals surface area contributed by atoms with Crippen molar-refractivity contribution >= 4 is 28.3 Å². The number of carbonyl (C=O) groups is 1. The summed E-state index contributed by atoms with van der Waals surface area (Å²) in [5.41, 5.74) is 6.25. The topological polar surface area (TPSA) is 80.0 Å². The summed E-state index contributed by atoms with van der Waals surface area (Å²) >= 11 is 1.26. The summed E-state index contributed by atoms with van der Waals surface area (Å²) in [7, 11) is 0. The number of anilines is 2. The predicted molar refractivity (Wildman–Crippen MR) is 70.4 cm³/mol. The minimum atomic E-state index is -0.145. The van der Waals surface area contributed by atoms with Crippen LogP contribution in [0.15, 0.2) is 0 Å². The van der Waals surface area contributed by atoms with Crippen molar-refractivity contribution in [1.29, 1.82) is 0 Å². The van der Waals surface area contributed by atoms with E-state index in [1.165, 1.54) is 18.0 Å². The Morgan fingerprint density at radius 2 is 2.24 bits per heavy atom. The van der Waals surface area contributed by atoms with Crippen LogP contribution in [0.1, 0.15) is 43.5 Å². The van der Waals surface area contributed by atoms with E-state index in [1.807, 2.05) is 13.8 Å². The fourth-order valence-corrected chi connectivity index (χ4v) is 2.48. The van der Waals surface area contributed by atoms with Crippen molar-refractivity contribution in [1.82, 2.24) is 9.69 Å². The van der Waals surface area contributed by atoms with Crippen LogP contribution in [0.5, 0.6) is 0 Å². The van der Waals surface area contributed by atoms with Gasteiger partial charge in [-0.25, -0.2) is 0 Å². The van der Waals surface area contributed by atoms with Gasteiger partial charge in [0, 0.05) is 12.1 Å². The molecule has 1 aromatic heterocycles. The van der Waals surface area contributed by atoms with E-state index >= 15 is 0 Å². The zero-order valence-electron chi connectivity index (χ0n) is 10.1. The average Bonchev–Trinajstić information content (AvgIpc) is 2.52. The van der Waals surface area contributed by atoms with E-state index in [0.717, 1.165) is 17.8 Å². The summed E-state index contributed by atoms with van der Waals surface area (Å²) in [6, 6.07) is 0.568. The van der Waals surface area contributed by atoms with E-state index in [-0.39, 0.29) is 11.9 Å². The Balaban J connectivity index is 2.13. The summed E-state index contributed by atoms with van der Waals surface area (Å²) in [5, 5.41) is 6.98. The summed E-state index contributed by atoms with van der Waals surface area (Å²) in [5.74, 6) is 0.169. The first-order chi connectivity index (χ1) is 8.08. The fraction of sp³-hybridized carbons (Fsp3) is 0.636. The molecule has 0 unspecified atom stereocenters. The molecular weight excluding hydrogens is 236 g/mol. The Morgan fingerprint density at radius 1 is 1.53 bits per heavy atom. The maximum absolute atomic E-state index is 12.0. The van der Waals surface area contributed by atoms with Gasteiger partial charge in [0.05, 0.1) is 0 Å². The first-order valence-corrected chi connectivity index (χ1v) is 6.68. The van der Waals surface area contributed by atoms with Crippen LogP contribution in [0.25, 0.3) is 0 Å². The van der Waals surface area contributed by atoms with Crippen molar-refractivity contribution < 1.29 is 4.79 Å². The van der Waals surface area contributed by atoms with E-state index in [9.17, 15) is 4.79 Å². The molecule has 0 atom stereocenters. The van der Waals surface area contributed by atoms with Crippen LogP contribution in [0.2, 0.25) is 0 Å². The smallest absolute Gasteiger partial charge is 0.258 e. The monoisotopic (exact) mass is 254 g/mol. The highest BCUT2D eigenvalue weighted by molar-refractivity contribution is 7.11. The van der Waals surface area contributed by atoms with Crippen molar-refractivity contribution in [3.63, 3.8) is 0 Å². The maximum Gasteiger partial charge on any atom is 0.258 e. The molecule has 0 aliphatic heterocycles.